The van der Waals surface area contributed by atoms with E-state index in [9.17, 15) is 0 Å². The van der Waals surface area contributed by atoms with Gasteiger partial charge < -0.3 is 4.74 Å². The van der Waals surface area contributed by atoms with Crippen LogP contribution in [-0.2, 0) is 11.3 Å². The number of halogens is 1. The highest BCUT2D eigenvalue weighted by molar-refractivity contribution is 9.10. The summed E-state index contributed by atoms with van der Waals surface area (Å²) in [7, 11) is 1.72. The zero-order valence-corrected chi connectivity index (χ0v) is 10.4. The van der Waals surface area contributed by atoms with E-state index in [1.807, 2.05) is 23.9 Å². The van der Waals surface area contributed by atoms with Crippen molar-refractivity contribution in [1.29, 1.82) is 0 Å². The van der Waals surface area contributed by atoms with Crippen LogP contribution in [0.4, 0.5) is 0 Å². The van der Waals surface area contributed by atoms with Crippen molar-refractivity contribution >= 4 is 26.8 Å². The first-order valence-corrected chi connectivity index (χ1v) is 5.64. The van der Waals surface area contributed by atoms with Crippen molar-refractivity contribution in [1.82, 2.24) is 9.78 Å². The van der Waals surface area contributed by atoms with Crippen LogP contribution in [0.25, 0.3) is 10.9 Å². The second kappa shape index (κ2) is 4.33. The normalized spacial score (nSPS) is 13.3. The summed E-state index contributed by atoms with van der Waals surface area (Å²) >= 11 is 3.44. The van der Waals surface area contributed by atoms with Gasteiger partial charge >= 0.3 is 0 Å². The molecule has 0 N–H and O–H groups in total. The Morgan fingerprint density at radius 2 is 2.33 bits per heavy atom. The number of hydrogen-bond donors (Lipinski definition) is 0. The number of hydrogen-bond acceptors (Lipinski definition) is 2. The predicted octanol–water partition coefficient (Wildman–Crippen LogP) is 2.83. The Balaban J connectivity index is 2.36. The van der Waals surface area contributed by atoms with Crippen molar-refractivity contribution in [2.75, 3.05) is 7.11 Å². The van der Waals surface area contributed by atoms with Gasteiger partial charge in [-0.1, -0.05) is 15.9 Å². The third-order valence-corrected chi connectivity index (χ3v) is 2.93. The van der Waals surface area contributed by atoms with Crippen LogP contribution in [0.1, 0.15) is 6.92 Å². The molecule has 1 unspecified atom stereocenters. The fourth-order valence-corrected chi connectivity index (χ4v) is 1.90. The van der Waals surface area contributed by atoms with Crippen molar-refractivity contribution in [2.45, 2.75) is 19.6 Å². The molecule has 1 aromatic carbocycles. The molecule has 0 bridgehead atoms. The van der Waals surface area contributed by atoms with E-state index in [2.05, 4.69) is 33.2 Å². The summed E-state index contributed by atoms with van der Waals surface area (Å²) in [5, 5.41) is 5.49. The summed E-state index contributed by atoms with van der Waals surface area (Å²) in [4.78, 5) is 0. The Kier molecular flexibility index (Phi) is 3.07. The molecule has 0 aliphatic heterocycles. The highest BCUT2D eigenvalue weighted by Crippen LogP contribution is 2.19. The Labute approximate surface area is 97.2 Å². The van der Waals surface area contributed by atoms with E-state index in [1.165, 1.54) is 0 Å². The Morgan fingerprint density at radius 1 is 1.53 bits per heavy atom. The minimum absolute atomic E-state index is 0.178. The highest BCUT2D eigenvalue weighted by atomic mass is 79.9. The molecule has 1 heterocycles. The van der Waals surface area contributed by atoms with Gasteiger partial charge in [0.2, 0.25) is 0 Å². The molecule has 2 rings (SSSR count). The van der Waals surface area contributed by atoms with E-state index < -0.39 is 0 Å². The molecular formula is C11H13BrN2O. The number of methoxy groups -OCH3 is 1. The Morgan fingerprint density at radius 3 is 3.07 bits per heavy atom. The standard InChI is InChI=1S/C11H13BrN2O/c1-8(15-2)7-14-11-4-3-10(12)5-9(11)6-13-14/h3-6,8H,7H2,1-2H3. The summed E-state index contributed by atoms with van der Waals surface area (Å²) < 4.78 is 8.27. The zero-order valence-electron chi connectivity index (χ0n) is 8.77. The molecule has 0 amide bonds. The maximum Gasteiger partial charge on any atom is 0.0739 e. The second-order valence-corrected chi connectivity index (χ2v) is 4.49. The molecule has 80 valence electrons. The summed E-state index contributed by atoms with van der Waals surface area (Å²) in [5.74, 6) is 0. The van der Waals surface area contributed by atoms with Gasteiger partial charge in [-0.15, -0.1) is 0 Å². The Hall–Kier alpha value is -0.870. The van der Waals surface area contributed by atoms with Crippen LogP contribution in [0.15, 0.2) is 28.9 Å². The fourth-order valence-electron chi connectivity index (χ4n) is 1.52. The maximum absolute atomic E-state index is 5.23. The number of nitrogens with zero attached hydrogens (tertiary/aromatic N) is 2. The minimum Gasteiger partial charge on any atom is -0.380 e. The third-order valence-electron chi connectivity index (χ3n) is 2.44. The van der Waals surface area contributed by atoms with E-state index in [0.717, 1.165) is 21.9 Å². The van der Waals surface area contributed by atoms with Gasteiger partial charge in [0.05, 0.1) is 24.4 Å². The molecular weight excluding hydrogens is 256 g/mol. The third kappa shape index (κ3) is 2.21. The summed E-state index contributed by atoms with van der Waals surface area (Å²) in [6.07, 6.45) is 2.05. The van der Waals surface area contributed by atoms with Crippen LogP contribution >= 0.6 is 15.9 Å². The van der Waals surface area contributed by atoms with Gasteiger partial charge in [-0.2, -0.15) is 5.10 Å². The topological polar surface area (TPSA) is 27.1 Å². The molecule has 0 aliphatic carbocycles. The molecule has 0 saturated heterocycles. The number of benzene rings is 1. The van der Waals surface area contributed by atoms with Crippen LogP contribution < -0.4 is 0 Å². The lowest BCUT2D eigenvalue weighted by Gasteiger charge is -2.10. The first-order valence-electron chi connectivity index (χ1n) is 4.84. The molecule has 15 heavy (non-hydrogen) atoms. The van der Waals surface area contributed by atoms with E-state index in [4.69, 9.17) is 4.74 Å². The quantitative estimate of drug-likeness (QED) is 0.856. The van der Waals surface area contributed by atoms with Gasteiger partial charge in [-0.25, -0.2) is 0 Å². The van der Waals surface area contributed by atoms with Crippen LogP contribution in [0.5, 0.6) is 0 Å². The largest absolute Gasteiger partial charge is 0.380 e. The van der Waals surface area contributed by atoms with Gasteiger partial charge in [0.25, 0.3) is 0 Å². The van der Waals surface area contributed by atoms with Crippen molar-refractivity contribution in [3.8, 4) is 0 Å². The van der Waals surface area contributed by atoms with Crippen molar-refractivity contribution in [3.05, 3.63) is 28.9 Å². The molecule has 1 atom stereocenters. The SMILES string of the molecule is COC(C)Cn1ncc2cc(Br)ccc21. The molecule has 2 aromatic rings. The van der Waals surface area contributed by atoms with E-state index in [0.29, 0.717) is 0 Å². The number of rotatable bonds is 3. The van der Waals surface area contributed by atoms with Crippen molar-refractivity contribution < 1.29 is 4.74 Å². The molecule has 0 spiro atoms. The summed E-state index contributed by atoms with van der Waals surface area (Å²) in [5.41, 5.74) is 1.14. The van der Waals surface area contributed by atoms with Crippen molar-refractivity contribution in [3.63, 3.8) is 0 Å². The van der Waals surface area contributed by atoms with Gasteiger partial charge in [-0.3, -0.25) is 4.68 Å². The molecule has 0 saturated carbocycles. The molecule has 1 aromatic heterocycles. The second-order valence-electron chi connectivity index (χ2n) is 3.58. The first-order chi connectivity index (χ1) is 7.20. The molecule has 0 aliphatic rings. The van der Waals surface area contributed by atoms with E-state index >= 15 is 0 Å². The van der Waals surface area contributed by atoms with E-state index in [-0.39, 0.29) is 6.10 Å². The number of aromatic nitrogens is 2. The Bertz CT molecular complexity index is 467. The first kappa shape index (κ1) is 10.6. The zero-order chi connectivity index (χ0) is 10.8. The van der Waals surface area contributed by atoms with Gasteiger partial charge in [-0.05, 0) is 25.1 Å². The highest BCUT2D eigenvalue weighted by Gasteiger charge is 2.06. The summed E-state index contributed by atoms with van der Waals surface area (Å²) in [6, 6.07) is 6.16. The molecule has 3 nitrogen and oxygen atoms in total. The number of fused-ring (bicyclic) bond motifs is 1. The van der Waals surface area contributed by atoms with Crippen LogP contribution in [-0.4, -0.2) is 23.0 Å². The van der Waals surface area contributed by atoms with Crippen LogP contribution in [0, 0.1) is 0 Å². The maximum atomic E-state index is 5.23. The van der Waals surface area contributed by atoms with Gasteiger partial charge in [0.15, 0.2) is 0 Å². The summed E-state index contributed by atoms with van der Waals surface area (Å²) in [6.45, 7) is 2.81. The van der Waals surface area contributed by atoms with Gasteiger partial charge in [0, 0.05) is 17.0 Å². The van der Waals surface area contributed by atoms with Crippen molar-refractivity contribution in [2.24, 2.45) is 0 Å². The minimum atomic E-state index is 0.178. The average Bonchev–Trinajstić information content (AvgIpc) is 2.60. The molecule has 4 heteroatoms. The van der Waals surface area contributed by atoms with Gasteiger partial charge in [0.1, 0.15) is 0 Å². The lowest BCUT2D eigenvalue weighted by atomic mass is 10.2. The fraction of sp³-hybridized carbons (Fsp3) is 0.364. The average molecular weight is 269 g/mol. The monoisotopic (exact) mass is 268 g/mol. The van der Waals surface area contributed by atoms with E-state index in [1.54, 1.807) is 7.11 Å². The predicted molar refractivity (Wildman–Crippen MR) is 63.9 cm³/mol. The lowest BCUT2D eigenvalue weighted by Crippen LogP contribution is -2.15. The smallest absolute Gasteiger partial charge is 0.0739 e. The lowest BCUT2D eigenvalue weighted by molar-refractivity contribution is 0.101. The molecule has 0 radical (unpaired) electrons. The number of ether oxygens (including phenoxy) is 1. The molecule has 0 fully saturated rings. The van der Waals surface area contributed by atoms with Crippen LogP contribution in [0.2, 0.25) is 0 Å². The van der Waals surface area contributed by atoms with Crippen LogP contribution in [0.3, 0.4) is 0 Å².